The summed E-state index contributed by atoms with van der Waals surface area (Å²) in [6.07, 6.45) is -1.42. The van der Waals surface area contributed by atoms with Crippen molar-refractivity contribution in [2.45, 2.75) is 12.3 Å². The van der Waals surface area contributed by atoms with Gasteiger partial charge in [0.15, 0.2) is 0 Å². The largest absolute Gasteiger partial charge is 0.418 e. The van der Waals surface area contributed by atoms with Crippen LogP contribution in [0, 0.1) is 11.3 Å². The highest BCUT2D eigenvalue weighted by molar-refractivity contribution is 5.59. The normalized spacial score (nSPS) is 18.5. The molecule has 8 heteroatoms. The zero-order valence-corrected chi connectivity index (χ0v) is 12.9. The Morgan fingerprint density at radius 1 is 1.38 bits per heavy atom. The Morgan fingerprint density at radius 3 is 2.79 bits per heavy atom. The number of halogens is 3. The number of benzene rings is 1. The van der Waals surface area contributed by atoms with Gasteiger partial charge in [0.05, 0.1) is 35.7 Å². The molecule has 1 saturated heterocycles. The van der Waals surface area contributed by atoms with Crippen LogP contribution >= 0.6 is 0 Å². The number of anilines is 1. The predicted octanol–water partition coefficient (Wildman–Crippen LogP) is 2.89. The summed E-state index contributed by atoms with van der Waals surface area (Å²) < 4.78 is 47.2. The SMILES string of the molecule is Cn1cc([C@@H]2CN(c3cc(C#N)ccc3C(F)(F)F)CCO2)cn1. The van der Waals surface area contributed by atoms with Crippen molar-refractivity contribution in [1.29, 1.82) is 5.26 Å². The molecule has 0 aliphatic carbocycles. The van der Waals surface area contributed by atoms with E-state index < -0.39 is 11.7 Å². The molecule has 5 nitrogen and oxygen atoms in total. The lowest BCUT2D eigenvalue weighted by atomic mass is 10.1. The molecule has 0 radical (unpaired) electrons. The van der Waals surface area contributed by atoms with Crippen molar-refractivity contribution in [2.24, 2.45) is 7.05 Å². The Morgan fingerprint density at radius 2 is 2.17 bits per heavy atom. The molecule has 126 valence electrons. The third-order valence-corrected chi connectivity index (χ3v) is 3.94. The molecule has 1 aliphatic heterocycles. The minimum atomic E-state index is -4.48. The van der Waals surface area contributed by atoms with E-state index in [1.54, 1.807) is 29.0 Å². The van der Waals surface area contributed by atoms with Crippen molar-refractivity contribution in [3.8, 4) is 6.07 Å². The van der Waals surface area contributed by atoms with Gasteiger partial charge in [-0.15, -0.1) is 0 Å². The van der Waals surface area contributed by atoms with E-state index in [-0.39, 0.29) is 23.9 Å². The van der Waals surface area contributed by atoms with E-state index in [0.29, 0.717) is 13.2 Å². The molecule has 2 aromatic rings. The highest BCUT2D eigenvalue weighted by Crippen LogP contribution is 2.38. The molecule has 1 atom stereocenters. The first kappa shape index (κ1) is 16.3. The number of nitrogens with zero attached hydrogens (tertiary/aromatic N) is 4. The lowest BCUT2D eigenvalue weighted by molar-refractivity contribution is -0.137. The van der Waals surface area contributed by atoms with Crippen molar-refractivity contribution in [2.75, 3.05) is 24.6 Å². The molecule has 0 amide bonds. The summed E-state index contributed by atoms with van der Waals surface area (Å²) in [7, 11) is 1.77. The van der Waals surface area contributed by atoms with Crippen LogP contribution in [0.3, 0.4) is 0 Å². The second kappa shape index (κ2) is 6.17. The summed E-state index contributed by atoms with van der Waals surface area (Å²) >= 11 is 0. The van der Waals surface area contributed by atoms with Crippen molar-refractivity contribution in [1.82, 2.24) is 9.78 Å². The van der Waals surface area contributed by atoms with Crippen molar-refractivity contribution < 1.29 is 17.9 Å². The molecule has 0 spiro atoms. The fraction of sp³-hybridized carbons (Fsp3) is 0.375. The van der Waals surface area contributed by atoms with E-state index in [4.69, 9.17) is 10.00 Å². The second-order valence-corrected chi connectivity index (χ2v) is 5.59. The molecule has 2 heterocycles. The Labute approximate surface area is 136 Å². The van der Waals surface area contributed by atoms with Gasteiger partial charge in [-0.3, -0.25) is 4.68 Å². The van der Waals surface area contributed by atoms with Crippen molar-refractivity contribution in [3.05, 3.63) is 47.3 Å². The smallest absolute Gasteiger partial charge is 0.370 e. The number of morpholine rings is 1. The van der Waals surface area contributed by atoms with Gasteiger partial charge in [-0.05, 0) is 18.2 Å². The number of aryl methyl sites for hydroxylation is 1. The van der Waals surface area contributed by atoms with Crippen LogP contribution in [0.1, 0.15) is 22.8 Å². The highest BCUT2D eigenvalue weighted by atomic mass is 19.4. The molecule has 1 aromatic carbocycles. The van der Waals surface area contributed by atoms with Crippen LogP contribution in [-0.2, 0) is 18.0 Å². The molecule has 0 bridgehead atoms. The molecule has 1 aromatic heterocycles. The number of rotatable bonds is 2. The van der Waals surface area contributed by atoms with E-state index in [1.807, 2.05) is 6.07 Å². The molecule has 0 unspecified atom stereocenters. The summed E-state index contributed by atoms with van der Waals surface area (Å²) in [5.41, 5.74) is 0.279. The predicted molar refractivity (Wildman–Crippen MR) is 80.3 cm³/mol. The molecule has 1 fully saturated rings. The quantitative estimate of drug-likeness (QED) is 0.846. The van der Waals surface area contributed by atoms with Crippen LogP contribution in [-0.4, -0.2) is 29.5 Å². The Hall–Kier alpha value is -2.53. The number of hydrogen-bond acceptors (Lipinski definition) is 4. The molecule has 1 aliphatic rings. The fourth-order valence-corrected chi connectivity index (χ4v) is 2.78. The first-order chi connectivity index (χ1) is 11.4. The number of hydrogen-bond donors (Lipinski definition) is 0. The van der Waals surface area contributed by atoms with Crippen LogP contribution < -0.4 is 4.90 Å². The zero-order valence-electron chi connectivity index (χ0n) is 12.9. The van der Waals surface area contributed by atoms with Crippen LogP contribution in [0.25, 0.3) is 0 Å². The number of ether oxygens (including phenoxy) is 1. The Balaban J connectivity index is 1.94. The monoisotopic (exact) mass is 336 g/mol. The molecule has 0 N–H and O–H groups in total. The summed E-state index contributed by atoms with van der Waals surface area (Å²) in [4.78, 5) is 1.62. The lowest BCUT2D eigenvalue weighted by Crippen LogP contribution is -2.39. The van der Waals surface area contributed by atoms with Gasteiger partial charge >= 0.3 is 6.18 Å². The molecule has 24 heavy (non-hydrogen) atoms. The zero-order chi connectivity index (χ0) is 17.3. The third kappa shape index (κ3) is 3.21. The molecular weight excluding hydrogens is 321 g/mol. The summed E-state index contributed by atoms with van der Waals surface area (Å²) in [5.74, 6) is 0. The van der Waals surface area contributed by atoms with E-state index in [0.717, 1.165) is 11.6 Å². The highest BCUT2D eigenvalue weighted by Gasteiger charge is 2.36. The number of aromatic nitrogens is 2. The van der Waals surface area contributed by atoms with Crippen LogP contribution in [0.15, 0.2) is 30.6 Å². The van der Waals surface area contributed by atoms with Gasteiger partial charge in [-0.2, -0.15) is 23.5 Å². The van der Waals surface area contributed by atoms with E-state index in [2.05, 4.69) is 5.10 Å². The Kier molecular flexibility index (Phi) is 4.20. The topological polar surface area (TPSA) is 54.1 Å². The second-order valence-electron chi connectivity index (χ2n) is 5.59. The van der Waals surface area contributed by atoms with Crippen LogP contribution in [0.2, 0.25) is 0 Å². The summed E-state index contributed by atoms with van der Waals surface area (Å²) in [6.45, 7) is 0.895. The van der Waals surface area contributed by atoms with Crippen LogP contribution in [0.5, 0.6) is 0 Å². The number of nitriles is 1. The Bertz CT molecular complexity index is 778. The molecule has 3 rings (SSSR count). The summed E-state index contributed by atoms with van der Waals surface area (Å²) in [6, 6.07) is 5.33. The van der Waals surface area contributed by atoms with E-state index >= 15 is 0 Å². The first-order valence-electron chi connectivity index (χ1n) is 7.35. The maximum Gasteiger partial charge on any atom is 0.418 e. The lowest BCUT2D eigenvalue weighted by Gasteiger charge is -2.35. The molecular formula is C16H15F3N4O. The maximum atomic E-state index is 13.3. The summed E-state index contributed by atoms with van der Waals surface area (Å²) in [5, 5.41) is 13.1. The first-order valence-corrected chi connectivity index (χ1v) is 7.35. The van der Waals surface area contributed by atoms with Crippen molar-refractivity contribution >= 4 is 5.69 Å². The maximum absolute atomic E-state index is 13.3. The fourth-order valence-electron chi connectivity index (χ4n) is 2.78. The average molecular weight is 336 g/mol. The third-order valence-electron chi connectivity index (χ3n) is 3.94. The van der Waals surface area contributed by atoms with Gasteiger partial charge in [0.25, 0.3) is 0 Å². The van der Waals surface area contributed by atoms with E-state index in [9.17, 15) is 13.2 Å². The van der Waals surface area contributed by atoms with Gasteiger partial charge in [0, 0.05) is 31.9 Å². The van der Waals surface area contributed by atoms with Gasteiger partial charge in [0.2, 0.25) is 0 Å². The van der Waals surface area contributed by atoms with Gasteiger partial charge < -0.3 is 9.64 Å². The van der Waals surface area contributed by atoms with E-state index in [1.165, 1.54) is 12.1 Å². The molecule has 0 saturated carbocycles. The van der Waals surface area contributed by atoms with Crippen molar-refractivity contribution in [3.63, 3.8) is 0 Å². The van der Waals surface area contributed by atoms with Crippen LogP contribution in [0.4, 0.5) is 18.9 Å². The van der Waals surface area contributed by atoms with Gasteiger partial charge in [-0.1, -0.05) is 0 Å². The van der Waals surface area contributed by atoms with Gasteiger partial charge in [-0.25, -0.2) is 0 Å². The van der Waals surface area contributed by atoms with Gasteiger partial charge in [0.1, 0.15) is 6.10 Å². The average Bonchev–Trinajstić information content (AvgIpc) is 3.00. The number of alkyl halides is 3. The standard InChI is InChI=1S/C16H15F3N4O/c1-22-9-12(8-21-22)15-10-23(4-5-24-15)14-6-11(7-20)2-3-13(14)16(17,18)19/h2-3,6,8-9,15H,4-5,10H2,1H3/t15-/m0/s1. The minimum absolute atomic E-state index is 0.0127. The minimum Gasteiger partial charge on any atom is -0.370 e.